The minimum absolute atomic E-state index is 0.00991. The summed E-state index contributed by atoms with van der Waals surface area (Å²) in [5, 5.41) is 3.01. The molecule has 0 aliphatic heterocycles. The van der Waals surface area contributed by atoms with Crippen molar-refractivity contribution in [1.82, 2.24) is 5.32 Å². The average Bonchev–Trinajstić information content (AvgIpc) is 2.44. The predicted molar refractivity (Wildman–Crippen MR) is 79.7 cm³/mol. The van der Waals surface area contributed by atoms with Gasteiger partial charge in [0, 0.05) is 17.7 Å². The van der Waals surface area contributed by atoms with E-state index in [0.29, 0.717) is 0 Å². The van der Waals surface area contributed by atoms with Gasteiger partial charge in [0.1, 0.15) is 17.4 Å². The van der Waals surface area contributed by atoms with E-state index in [1.165, 1.54) is 19.2 Å². The van der Waals surface area contributed by atoms with Gasteiger partial charge in [-0.05, 0) is 37.6 Å². The highest BCUT2D eigenvalue weighted by Crippen LogP contribution is 2.32. The zero-order chi connectivity index (χ0) is 15.6. The Balaban J connectivity index is 2.62. The predicted octanol–water partition coefficient (Wildman–Crippen LogP) is 3.90. The van der Waals surface area contributed by atoms with E-state index in [4.69, 9.17) is 4.74 Å². The Hall–Kier alpha value is -1.94. The Morgan fingerprint density at radius 2 is 1.52 bits per heavy atom. The van der Waals surface area contributed by atoms with E-state index in [1.807, 2.05) is 32.0 Å². The lowest BCUT2D eigenvalue weighted by atomic mass is 9.90. The van der Waals surface area contributed by atoms with Gasteiger partial charge in [0.15, 0.2) is 0 Å². The lowest BCUT2D eigenvalue weighted by molar-refractivity contribution is 0.403. The summed E-state index contributed by atoms with van der Waals surface area (Å²) in [6.45, 7) is 3.87. The minimum Gasteiger partial charge on any atom is -0.497 e. The third kappa shape index (κ3) is 2.90. The molecule has 2 nitrogen and oxygen atoms in total. The fourth-order valence-corrected chi connectivity index (χ4v) is 2.67. The summed E-state index contributed by atoms with van der Waals surface area (Å²) >= 11 is 0. The monoisotopic (exact) mass is 291 g/mol. The highest BCUT2D eigenvalue weighted by molar-refractivity contribution is 5.44. The van der Waals surface area contributed by atoms with Crippen LogP contribution in [-0.2, 0) is 0 Å². The van der Waals surface area contributed by atoms with Gasteiger partial charge in [0.2, 0.25) is 0 Å². The number of rotatable bonds is 4. The molecular weight excluding hydrogens is 272 g/mol. The van der Waals surface area contributed by atoms with Crippen molar-refractivity contribution < 1.29 is 13.5 Å². The molecule has 4 heteroatoms. The van der Waals surface area contributed by atoms with Crippen LogP contribution in [0.2, 0.25) is 0 Å². The van der Waals surface area contributed by atoms with E-state index in [2.05, 4.69) is 5.32 Å². The topological polar surface area (TPSA) is 21.3 Å². The largest absolute Gasteiger partial charge is 0.497 e. The highest BCUT2D eigenvalue weighted by atomic mass is 19.1. The van der Waals surface area contributed by atoms with Crippen LogP contribution in [0.1, 0.15) is 28.3 Å². The van der Waals surface area contributed by atoms with E-state index in [0.717, 1.165) is 16.7 Å². The maximum Gasteiger partial charge on any atom is 0.134 e. The Bertz CT molecular complexity index is 612. The van der Waals surface area contributed by atoms with Gasteiger partial charge in [-0.1, -0.05) is 18.2 Å². The fourth-order valence-electron chi connectivity index (χ4n) is 2.67. The van der Waals surface area contributed by atoms with E-state index in [1.54, 1.807) is 7.05 Å². The molecule has 0 radical (unpaired) electrons. The van der Waals surface area contributed by atoms with Crippen molar-refractivity contribution in [2.75, 3.05) is 14.2 Å². The van der Waals surface area contributed by atoms with Crippen molar-refractivity contribution in [3.8, 4) is 5.75 Å². The second-order valence-electron chi connectivity index (χ2n) is 5.03. The van der Waals surface area contributed by atoms with Crippen LogP contribution in [0, 0.1) is 25.5 Å². The molecule has 21 heavy (non-hydrogen) atoms. The third-order valence-electron chi connectivity index (χ3n) is 3.70. The minimum atomic E-state index is -0.617. The summed E-state index contributed by atoms with van der Waals surface area (Å²) in [6.07, 6.45) is 0. The second-order valence-corrected chi connectivity index (χ2v) is 5.03. The summed E-state index contributed by atoms with van der Waals surface area (Å²) in [5.41, 5.74) is 2.88. The van der Waals surface area contributed by atoms with Crippen molar-refractivity contribution in [2.24, 2.45) is 0 Å². The van der Waals surface area contributed by atoms with Crippen LogP contribution < -0.4 is 10.1 Å². The lowest BCUT2D eigenvalue weighted by Crippen LogP contribution is -2.22. The van der Waals surface area contributed by atoms with E-state index in [9.17, 15) is 8.78 Å². The number of nitrogens with one attached hydrogen (secondary N) is 1. The van der Waals surface area contributed by atoms with Gasteiger partial charge in [-0.15, -0.1) is 0 Å². The van der Waals surface area contributed by atoms with Gasteiger partial charge in [0.05, 0.1) is 13.2 Å². The average molecular weight is 291 g/mol. The summed E-state index contributed by atoms with van der Waals surface area (Å²) in [4.78, 5) is 0. The smallest absolute Gasteiger partial charge is 0.134 e. The molecule has 2 rings (SSSR count). The van der Waals surface area contributed by atoms with Crippen LogP contribution in [0.15, 0.2) is 30.3 Å². The molecule has 0 heterocycles. The van der Waals surface area contributed by atoms with Crippen LogP contribution in [0.5, 0.6) is 5.75 Å². The van der Waals surface area contributed by atoms with Crippen LogP contribution in [0.4, 0.5) is 8.78 Å². The standard InChI is InChI=1S/C17H19F2NO/c1-10-6-5-7-11(2)15(10)17(20-3)16-13(18)8-12(21-4)9-14(16)19/h5-9,17,20H,1-4H3. The lowest BCUT2D eigenvalue weighted by Gasteiger charge is -2.23. The number of benzene rings is 2. The molecule has 0 amide bonds. The van der Waals surface area contributed by atoms with Crippen LogP contribution in [0.25, 0.3) is 0 Å². The van der Waals surface area contributed by atoms with Gasteiger partial charge in [-0.25, -0.2) is 8.78 Å². The molecular formula is C17H19F2NO. The second kappa shape index (κ2) is 6.22. The van der Waals surface area contributed by atoms with E-state index >= 15 is 0 Å². The molecule has 2 aromatic carbocycles. The van der Waals surface area contributed by atoms with Crippen LogP contribution in [-0.4, -0.2) is 14.2 Å². The van der Waals surface area contributed by atoms with Crippen molar-refractivity contribution >= 4 is 0 Å². The van der Waals surface area contributed by atoms with Gasteiger partial charge in [0.25, 0.3) is 0 Å². The Morgan fingerprint density at radius 1 is 1.00 bits per heavy atom. The first-order valence-corrected chi connectivity index (χ1v) is 6.76. The van der Waals surface area contributed by atoms with Gasteiger partial charge in [-0.3, -0.25) is 0 Å². The first-order valence-electron chi connectivity index (χ1n) is 6.76. The quantitative estimate of drug-likeness (QED) is 0.922. The normalized spacial score (nSPS) is 12.3. The number of aryl methyl sites for hydroxylation is 2. The summed E-state index contributed by atoms with van der Waals surface area (Å²) in [6, 6.07) is 7.67. The first kappa shape index (κ1) is 15.4. The molecule has 0 saturated heterocycles. The van der Waals surface area contributed by atoms with Crippen molar-refractivity contribution in [3.05, 3.63) is 64.2 Å². The molecule has 1 unspecified atom stereocenters. The van der Waals surface area contributed by atoms with Crippen molar-refractivity contribution in [3.63, 3.8) is 0 Å². The molecule has 2 aromatic rings. The summed E-state index contributed by atoms with van der Waals surface area (Å²) in [5.74, 6) is -1.06. The number of methoxy groups -OCH3 is 1. The van der Waals surface area contributed by atoms with Gasteiger partial charge >= 0.3 is 0 Å². The van der Waals surface area contributed by atoms with E-state index < -0.39 is 17.7 Å². The molecule has 1 N–H and O–H groups in total. The maximum absolute atomic E-state index is 14.3. The number of halogens is 2. The third-order valence-corrected chi connectivity index (χ3v) is 3.70. The molecule has 112 valence electrons. The zero-order valence-corrected chi connectivity index (χ0v) is 12.6. The number of hydrogen-bond donors (Lipinski definition) is 1. The zero-order valence-electron chi connectivity index (χ0n) is 12.6. The molecule has 0 aromatic heterocycles. The van der Waals surface area contributed by atoms with Gasteiger partial charge < -0.3 is 10.1 Å². The Labute approximate surface area is 123 Å². The molecule has 0 fully saturated rings. The summed E-state index contributed by atoms with van der Waals surface area (Å²) in [7, 11) is 3.08. The fraction of sp³-hybridized carbons (Fsp3) is 0.294. The molecule has 0 saturated carbocycles. The first-order chi connectivity index (χ1) is 9.99. The number of hydrogen-bond acceptors (Lipinski definition) is 2. The molecule has 1 atom stereocenters. The highest BCUT2D eigenvalue weighted by Gasteiger charge is 2.24. The van der Waals surface area contributed by atoms with E-state index in [-0.39, 0.29) is 11.3 Å². The SMILES string of the molecule is CNC(c1c(C)cccc1C)c1c(F)cc(OC)cc1F. The number of ether oxygens (including phenoxy) is 1. The summed E-state index contributed by atoms with van der Waals surface area (Å²) < 4.78 is 33.5. The molecule has 0 aliphatic rings. The van der Waals surface area contributed by atoms with Gasteiger partial charge in [-0.2, -0.15) is 0 Å². The van der Waals surface area contributed by atoms with Crippen LogP contribution >= 0.6 is 0 Å². The van der Waals surface area contributed by atoms with Crippen molar-refractivity contribution in [1.29, 1.82) is 0 Å². The Kier molecular flexibility index (Phi) is 4.58. The molecule has 0 bridgehead atoms. The Morgan fingerprint density at radius 3 is 1.95 bits per heavy atom. The molecule has 0 spiro atoms. The van der Waals surface area contributed by atoms with Crippen LogP contribution in [0.3, 0.4) is 0 Å². The maximum atomic E-state index is 14.3. The molecule has 0 aliphatic carbocycles. The van der Waals surface area contributed by atoms with Crippen molar-refractivity contribution in [2.45, 2.75) is 19.9 Å².